The summed E-state index contributed by atoms with van der Waals surface area (Å²) >= 11 is 15.8. The van der Waals surface area contributed by atoms with Crippen molar-refractivity contribution in [3.63, 3.8) is 0 Å². The Morgan fingerprint density at radius 3 is 2.57 bits per heavy atom. The molecule has 1 nitrogen and oxygen atoms in total. The summed E-state index contributed by atoms with van der Waals surface area (Å²) in [6.45, 7) is 0. The van der Waals surface area contributed by atoms with Gasteiger partial charge in [-0.3, -0.25) is 0 Å². The first-order chi connectivity index (χ1) is 10.1. The van der Waals surface area contributed by atoms with Crippen LogP contribution < -0.4 is 4.74 Å². The highest BCUT2D eigenvalue weighted by molar-refractivity contribution is 9.09. The highest BCUT2D eigenvalue weighted by atomic mass is 79.9. The summed E-state index contributed by atoms with van der Waals surface area (Å²) in [5.74, 6) is 1.36. The molecular formula is C17H17BrCl2O. The van der Waals surface area contributed by atoms with Crippen LogP contribution in [0.25, 0.3) is 0 Å². The zero-order valence-electron chi connectivity index (χ0n) is 11.8. The van der Waals surface area contributed by atoms with Gasteiger partial charge in [0.25, 0.3) is 0 Å². The molecule has 4 heteroatoms. The standard InChI is InChI=1S/C17H17BrCl2O/c1-21-16-4-2-3-12(9-16)7-13(11-18)8-14-5-6-15(19)10-17(14)20/h2-6,9-10,13H,7-8,11H2,1H3. The van der Waals surface area contributed by atoms with Gasteiger partial charge in [0.05, 0.1) is 7.11 Å². The number of halogens is 3. The molecule has 112 valence electrons. The molecule has 1 atom stereocenters. The second-order valence-corrected chi connectivity index (χ2v) is 6.51. The van der Waals surface area contributed by atoms with Crippen molar-refractivity contribution >= 4 is 39.1 Å². The zero-order chi connectivity index (χ0) is 15.2. The monoisotopic (exact) mass is 386 g/mol. The fourth-order valence-corrected chi connectivity index (χ4v) is 3.26. The van der Waals surface area contributed by atoms with Crippen LogP contribution in [0, 0.1) is 5.92 Å². The average molecular weight is 388 g/mol. The minimum Gasteiger partial charge on any atom is -0.497 e. The molecule has 2 rings (SSSR count). The van der Waals surface area contributed by atoms with Crippen molar-refractivity contribution in [3.05, 3.63) is 63.6 Å². The third-order valence-corrected chi connectivity index (χ3v) is 4.90. The summed E-state index contributed by atoms with van der Waals surface area (Å²) in [6, 6.07) is 13.9. The van der Waals surface area contributed by atoms with Gasteiger partial charge in [-0.05, 0) is 54.2 Å². The Balaban J connectivity index is 2.09. The highest BCUT2D eigenvalue weighted by Crippen LogP contribution is 2.26. The third kappa shape index (κ3) is 4.91. The molecule has 0 bridgehead atoms. The Morgan fingerprint density at radius 1 is 1.10 bits per heavy atom. The van der Waals surface area contributed by atoms with Crippen LogP contribution in [0.2, 0.25) is 10.0 Å². The van der Waals surface area contributed by atoms with Gasteiger partial charge in [-0.1, -0.05) is 57.3 Å². The molecule has 0 aliphatic heterocycles. The van der Waals surface area contributed by atoms with Crippen molar-refractivity contribution < 1.29 is 4.74 Å². The van der Waals surface area contributed by atoms with Crippen molar-refractivity contribution in [3.8, 4) is 5.75 Å². The van der Waals surface area contributed by atoms with E-state index in [2.05, 4.69) is 28.1 Å². The maximum absolute atomic E-state index is 6.26. The maximum Gasteiger partial charge on any atom is 0.119 e. The lowest BCUT2D eigenvalue weighted by molar-refractivity contribution is 0.414. The molecule has 2 aromatic rings. The van der Waals surface area contributed by atoms with Gasteiger partial charge in [0.1, 0.15) is 5.75 Å². The molecule has 0 fully saturated rings. The lowest BCUT2D eigenvalue weighted by Crippen LogP contribution is -2.10. The quantitative estimate of drug-likeness (QED) is 0.569. The number of alkyl halides is 1. The van der Waals surface area contributed by atoms with E-state index in [1.54, 1.807) is 13.2 Å². The second kappa shape index (κ2) is 8.07. The molecule has 0 saturated heterocycles. The van der Waals surface area contributed by atoms with E-state index >= 15 is 0 Å². The molecule has 0 saturated carbocycles. The zero-order valence-corrected chi connectivity index (χ0v) is 14.9. The van der Waals surface area contributed by atoms with Gasteiger partial charge in [0, 0.05) is 15.4 Å². The van der Waals surface area contributed by atoms with Crippen LogP contribution in [-0.4, -0.2) is 12.4 Å². The van der Waals surface area contributed by atoms with E-state index in [-0.39, 0.29) is 0 Å². The topological polar surface area (TPSA) is 9.23 Å². The first kappa shape index (κ1) is 16.7. The first-order valence-corrected chi connectivity index (χ1v) is 8.63. The second-order valence-electron chi connectivity index (χ2n) is 5.02. The van der Waals surface area contributed by atoms with E-state index in [4.69, 9.17) is 27.9 Å². The van der Waals surface area contributed by atoms with Crippen molar-refractivity contribution in [1.29, 1.82) is 0 Å². The summed E-state index contributed by atoms with van der Waals surface area (Å²) in [5, 5.41) is 2.33. The molecule has 0 aromatic heterocycles. The normalized spacial score (nSPS) is 12.2. The Bertz CT molecular complexity index is 601. The number of benzene rings is 2. The number of ether oxygens (including phenoxy) is 1. The summed E-state index contributed by atoms with van der Waals surface area (Å²) in [6.07, 6.45) is 1.89. The van der Waals surface area contributed by atoms with Crippen LogP contribution in [-0.2, 0) is 12.8 Å². The summed E-state index contributed by atoms with van der Waals surface area (Å²) < 4.78 is 5.27. The van der Waals surface area contributed by atoms with Gasteiger partial charge in [0.15, 0.2) is 0 Å². The molecular weight excluding hydrogens is 371 g/mol. The lowest BCUT2D eigenvalue weighted by atomic mass is 9.94. The fourth-order valence-electron chi connectivity index (χ4n) is 2.31. The van der Waals surface area contributed by atoms with Crippen molar-refractivity contribution in [1.82, 2.24) is 0 Å². The fraction of sp³-hybridized carbons (Fsp3) is 0.294. The third-order valence-electron chi connectivity index (χ3n) is 3.40. The van der Waals surface area contributed by atoms with E-state index < -0.39 is 0 Å². The molecule has 0 spiro atoms. The van der Waals surface area contributed by atoms with E-state index in [9.17, 15) is 0 Å². The van der Waals surface area contributed by atoms with Gasteiger partial charge in [-0.15, -0.1) is 0 Å². The number of hydrogen-bond donors (Lipinski definition) is 0. The molecule has 21 heavy (non-hydrogen) atoms. The van der Waals surface area contributed by atoms with Gasteiger partial charge in [-0.25, -0.2) is 0 Å². The van der Waals surface area contributed by atoms with Gasteiger partial charge >= 0.3 is 0 Å². The predicted octanol–water partition coefficient (Wildman–Crippen LogP) is 5.80. The Morgan fingerprint density at radius 2 is 1.90 bits per heavy atom. The number of hydrogen-bond acceptors (Lipinski definition) is 1. The van der Waals surface area contributed by atoms with E-state index in [1.807, 2.05) is 24.3 Å². The SMILES string of the molecule is COc1cccc(CC(CBr)Cc2ccc(Cl)cc2Cl)c1. The Kier molecular flexibility index (Phi) is 6.40. The first-order valence-electron chi connectivity index (χ1n) is 6.75. The molecule has 0 aliphatic carbocycles. The summed E-state index contributed by atoms with van der Waals surface area (Å²) in [7, 11) is 1.69. The Labute approximate surface area is 144 Å². The van der Waals surface area contributed by atoms with Gasteiger partial charge in [0.2, 0.25) is 0 Å². The summed E-state index contributed by atoms with van der Waals surface area (Å²) in [4.78, 5) is 0. The van der Waals surface area contributed by atoms with Crippen molar-refractivity contribution in [2.45, 2.75) is 12.8 Å². The largest absolute Gasteiger partial charge is 0.497 e. The molecule has 0 heterocycles. The smallest absolute Gasteiger partial charge is 0.119 e. The maximum atomic E-state index is 6.26. The van der Waals surface area contributed by atoms with Crippen LogP contribution >= 0.6 is 39.1 Å². The minimum atomic E-state index is 0.468. The average Bonchev–Trinajstić information content (AvgIpc) is 2.49. The van der Waals surface area contributed by atoms with E-state index in [1.165, 1.54) is 5.56 Å². The molecule has 0 amide bonds. The van der Waals surface area contributed by atoms with Gasteiger partial charge in [-0.2, -0.15) is 0 Å². The minimum absolute atomic E-state index is 0.468. The van der Waals surface area contributed by atoms with E-state index in [0.717, 1.165) is 34.5 Å². The lowest BCUT2D eigenvalue weighted by Gasteiger charge is -2.16. The van der Waals surface area contributed by atoms with Crippen molar-refractivity contribution in [2.24, 2.45) is 5.92 Å². The molecule has 0 radical (unpaired) electrons. The number of methoxy groups -OCH3 is 1. The van der Waals surface area contributed by atoms with Crippen LogP contribution in [0.1, 0.15) is 11.1 Å². The molecule has 0 aliphatic rings. The predicted molar refractivity (Wildman–Crippen MR) is 94.1 cm³/mol. The van der Waals surface area contributed by atoms with Crippen LogP contribution in [0.15, 0.2) is 42.5 Å². The van der Waals surface area contributed by atoms with Crippen molar-refractivity contribution in [2.75, 3.05) is 12.4 Å². The van der Waals surface area contributed by atoms with Crippen LogP contribution in [0.4, 0.5) is 0 Å². The molecule has 2 aromatic carbocycles. The highest BCUT2D eigenvalue weighted by Gasteiger charge is 2.12. The molecule has 0 N–H and O–H groups in total. The number of rotatable bonds is 6. The Hall–Kier alpha value is -0.700. The van der Waals surface area contributed by atoms with E-state index in [0.29, 0.717) is 10.9 Å². The van der Waals surface area contributed by atoms with Gasteiger partial charge < -0.3 is 4.74 Å². The van der Waals surface area contributed by atoms with Crippen LogP contribution in [0.5, 0.6) is 5.75 Å². The molecule has 1 unspecified atom stereocenters. The van der Waals surface area contributed by atoms with Crippen LogP contribution in [0.3, 0.4) is 0 Å². The summed E-state index contributed by atoms with van der Waals surface area (Å²) in [5.41, 5.74) is 2.40.